The van der Waals surface area contributed by atoms with E-state index in [4.69, 9.17) is 16.7 Å². The van der Waals surface area contributed by atoms with E-state index in [1.54, 1.807) is 7.05 Å². The van der Waals surface area contributed by atoms with E-state index in [1.807, 2.05) is 0 Å². The van der Waals surface area contributed by atoms with Gasteiger partial charge in [0, 0.05) is 13.2 Å². The van der Waals surface area contributed by atoms with E-state index < -0.39 is 17.7 Å². The number of hydrogen-bond acceptors (Lipinski definition) is 2. The number of anilines is 1. The number of benzene rings is 1. The molecule has 1 aromatic heterocycles. The van der Waals surface area contributed by atoms with Crippen LogP contribution in [0.25, 0.3) is 0 Å². The second-order valence-corrected chi connectivity index (χ2v) is 4.51. The number of amides is 1. The lowest BCUT2D eigenvalue weighted by Gasteiger charge is -2.09. The summed E-state index contributed by atoms with van der Waals surface area (Å²) in [6.07, 6.45) is 1.51. The quantitative estimate of drug-likeness (QED) is 0.915. The SMILES string of the molecule is Cn1cc(Cl)cc1C(=O)Nc1c(F)cccc1C(=O)O. The van der Waals surface area contributed by atoms with Crippen molar-refractivity contribution in [3.8, 4) is 0 Å². The highest BCUT2D eigenvalue weighted by Crippen LogP contribution is 2.21. The highest BCUT2D eigenvalue weighted by atomic mass is 35.5. The Bertz CT molecular complexity index is 697. The van der Waals surface area contributed by atoms with Gasteiger partial charge in [-0.15, -0.1) is 0 Å². The van der Waals surface area contributed by atoms with Crippen LogP contribution in [0.5, 0.6) is 0 Å². The van der Waals surface area contributed by atoms with Crippen molar-refractivity contribution in [3.05, 3.63) is 52.6 Å². The fourth-order valence-corrected chi connectivity index (χ4v) is 2.01. The molecule has 0 unspecified atom stereocenters. The Kier molecular flexibility index (Phi) is 3.76. The fraction of sp³-hybridized carbons (Fsp3) is 0.0769. The van der Waals surface area contributed by atoms with Crippen molar-refractivity contribution in [3.63, 3.8) is 0 Å². The summed E-state index contributed by atoms with van der Waals surface area (Å²) >= 11 is 5.76. The van der Waals surface area contributed by atoms with Crippen LogP contribution in [0.3, 0.4) is 0 Å². The van der Waals surface area contributed by atoms with Gasteiger partial charge in [0.15, 0.2) is 0 Å². The van der Waals surface area contributed by atoms with Gasteiger partial charge in [-0.05, 0) is 18.2 Å². The first kappa shape index (κ1) is 14.1. The molecule has 2 N–H and O–H groups in total. The van der Waals surface area contributed by atoms with E-state index in [9.17, 15) is 14.0 Å². The van der Waals surface area contributed by atoms with Gasteiger partial charge in [-0.1, -0.05) is 17.7 Å². The van der Waals surface area contributed by atoms with Crippen LogP contribution in [-0.2, 0) is 7.05 Å². The maximum Gasteiger partial charge on any atom is 0.337 e. The van der Waals surface area contributed by atoms with Crippen LogP contribution in [0.1, 0.15) is 20.8 Å². The minimum absolute atomic E-state index is 0.189. The minimum atomic E-state index is -1.33. The molecule has 2 aromatic rings. The molecule has 7 heteroatoms. The predicted molar refractivity (Wildman–Crippen MR) is 71.7 cm³/mol. The molecule has 0 spiro atoms. The zero-order valence-electron chi connectivity index (χ0n) is 10.4. The lowest BCUT2D eigenvalue weighted by molar-refractivity contribution is 0.0697. The average Bonchev–Trinajstić information content (AvgIpc) is 2.70. The van der Waals surface area contributed by atoms with Crippen LogP contribution in [0.2, 0.25) is 5.02 Å². The molecule has 0 aliphatic rings. The molecule has 0 saturated carbocycles. The number of nitrogens with zero attached hydrogens (tertiary/aromatic N) is 1. The molecule has 0 aliphatic heterocycles. The monoisotopic (exact) mass is 296 g/mol. The van der Waals surface area contributed by atoms with Gasteiger partial charge in [-0.3, -0.25) is 4.79 Å². The summed E-state index contributed by atoms with van der Waals surface area (Å²) in [6, 6.07) is 4.94. The van der Waals surface area contributed by atoms with E-state index in [2.05, 4.69) is 5.32 Å². The molecule has 2 rings (SSSR count). The highest BCUT2D eigenvalue weighted by molar-refractivity contribution is 6.31. The fourth-order valence-electron chi connectivity index (χ4n) is 1.76. The summed E-state index contributed by atoms with van der Waals surface area (Å²) in [7, 11) is 1.60. The second-order valence-electron chi connectivity index (χ2n) is 4.08. The molecule has 0 aliphatic carbocycles. The molecule has 0 saturated heterocycles. The highest BCUT2D eigenvalue weighted by Gasteiger charge is 2.19. The van der Waals surface area contributed by atoms with Crippen LogP contribution in [0.15, 0.2) is 30.5 Å². The number of carboxylic acid groups (broad SMARTS) is 1. The third kappa shape index (κ3) is 2.65. The molecule has 1 heterocycles. The number of aromatic carboxylic acids is 1. The molecular formula is C13H10ClFN2O3. The summed E-state index contributed by atoms with van der Waals surface area (Å²) in [5.74, 6) is -2.80. The van der Waals surface area contributed by atoms with Crippen LogP contribution < -0.4 is 5.32 Å². The van der Waals surface area contributed by atoms with Crippen molar-refractivity contribution in [1.29, 1.82) is 0 Å². The zero-order chi connectivity index (χ0) is 14.9. The van der Waals surface area contributed by atoms with Gasteiger partial charge in [0.1, 0.15) is 11.5 Å². The number of aromatic nitrogens is 1. The first-order valence-corrected chi connectivity index (χ1v) is 5.93. The molecule has 1 aromatic carbocycles. The largest absolute Gasteiger partial charge is 0.478 e. The van der Waals surface area contributed by atoms with Crippen molar-refractivity contribution < 1.29 is 19.1 Å². The Morgan fingerprint density at radius 2 is 2.10 bits per heavy atom. The number of carboxylic acids is 1. The number of carbonyl (C=O) groups is 2. The van der Waals surface area contributed by atoms with E-state index in [0.717, 1.165) is 6.07 Å². The number of hydrogen-bond donors (Lipinski definition) is 2. The van der Waals surface area contributed by atoms with Gasteiger partial charge in [-0.25, -0.2) is 9.18 Å². The van der Waals surface area contributed by atoms with Crippen LogP contribution in [0, 0.1) is 5.82 Å². The van der Waals surface area contributed by atoms with Crippen molar-refractivity contribution in [2.24, 2.45) is 7.05 Å². The van der Waals surface area contributed by atoms with Gasteiger partial charge in [0.05, 0.1) is 16.3 Å². The topological polar surface area (TPSA) is 71.3 Å². The molecular weight excluding hydrogens is 287 g/mol. The first-order chi connectivity index (χ1) is 9.40. The number of carbonyl (C=O) groups excluding carboxylic acids is 1. The zero-order valence-corrected chi connectivity index (χ0v) is 11.1. The summed E-state index contributed by atoms with van der Waals surface area (Å²) in [4.78, 5) is 23.0. The number of para-hydroxylation sites is 1. The van der Waals surface area contributed by atoms with E-state index in [-0.39, 0.29) is 16.9 Å². The average molecular weight is 297 g/mol. The summed E-state index contributed by atoms with van der Waals surface area (Å²) in [6.45, 7) is 0. The maximum atomic E-state index is 13.7. The normalized spacial score (nSPS) is 10.3. The molecule has 5 nitrogen and oxygen atoms in total. The number of aryl methyl sites for hydroxylation is 1. The van der Waals surface area contributed by atoms with Crippen molar-refractivity contribution in [1.82, 2.24) is 4.57 Å². The Hall–Kier alpha value is -2.34. The van der Waals surface area contributed by atoms with Crippen molar-refractivity contribution in [2.45, 2.75) is 0 Å². The molecule has 0 bridgehead atoms. The Morgan fingerprint density at radius 3 is 2.65 bits per heavy atom. The second kappa shape index (κ2) is 5.34. The molecule has 104 valence electrons. The Labute approximate surface area is 118 Å². The van der Waals surface area contributed by atoms with Crippen LogP contribution >= 0.6 is 11.6 Å². The van der Waals surface area contributed by atoms with Crippen LogP contribution in [0.4, 0.5) is 10.1 Å². The number of nitrogens with one attached hydrogen (secondary N) is 1. The molecule has 1 amide bonds. The number of halogens is 2. The van der Waals surface area contributed by atoms with E-state index >= 15 is 0 Å². The minimum Gasteiger partial charge on any atom is -0.478 e. The molecule has 20 heavy (non-hydrogen) atoms. The van der Waals surface area contributed by atoms with Gasteiger partial charge in [-0.2, -0.15) is 0 Å². The summed E-state index contributed by atoms with van der Waals surface area (Å²) in [5.41, 5.74) is -0.504. The van der Waals surface area contributed by atoms with Gasteiger partial charge in [0.25, 0.3) is 5.91 Å². The first-order valence-electron chi connectivity index (χ1n) is 5.55. The Morgan fingerprint density at radius 1 is 1.40 bits per heavy atom. The van der Waals surface area contributed by atoms with Gasteiger partial charge < -0.3 is 15.0 Å². The molecule has 0 fully saturated rings. The molecule has 0 atom stereocenters. The third-order valence-corrected chi connectivity index (χ3v) is 2.89. The predicted octanol–water partition coefficient (Wildman–Crippen LogP) is 2.77. The third-order valence-electron chi connectivity index (χ3n) is 2.69. The van der Waals surface area contributed by atoms with Crippen molar-refractivity contribution >= 4 is 29.2 Å². The maximum absolute atomic E-state index is 13.7. The lowest BCUT2D eigenvalue weighted by atomic mass is 10.1. The summed E-state index contributed by atoms with van der Waals surface area (Å²) in [5, 5.41) is 11.6. The van der Waals surface area contributed by atoms with Gasteiger partial charge in [0.2, 0.25) is 0 Å². The van der Waals surface area contributed by atoms with E-state index in [0.29, 0.717) is 5.02 Å². The Balaban J connectivity index is 2.37. The lowest BCUT2D eigenvalue weighted by Crippen LogP contribution is -2.18. The number of rotatable bonds is 3. The molecule has 0 radical (unpaired) electrons. The van der Waals surface area contributed by atoms with Gasteiger partial charge >= 0.3 is 5.97 Å². The van der Waals surface area contributed by atoms with Crippen LogP contribution in [-0.4, -0.2) is 21.6 Å². The van der Waals surface area contributed by atoms with E-state index in [1.165, 1.54) is 29.0 Å². The standard InChI is InChI=1S/C13H10ClFN2O3/c1-17-6-7(14)5-10(17)12(18)16-11-8(13(19)20)3-2-4-9(11)15/h2-6H,1H3,(H,16,18)(H,19,20). The summed E-state index contributed by atoms with van der Waals surface area (Å²) < 4.78 is 15.1. The smallest absolute Gasteiger partial charge is 0.337 e. The van der Waals surface area contributed by atoms with Crippen molar-refractivity contribution in [2.75, 3.05) is 5.32 Å².